The highest BCUT2D eigenvalue weighted by Crippen LogP contribution is 2.65. The third-order valence-electron chi connectivity index (χ3n) is 5.79. The van der Waals surface area contributed by atoms with Crippen LogP contribution in [0.5, 0.6) is 0 Å². The van der Waals surface area contributed by atoms with Gasteiger partial charge in [-0.25, -0.2) is 8.42 Å². The van der Waals surface area contributed by atoms with Crippen LogP contribution < -0.4 is 0 Å². The van der Waals surface area contributed by atoms with Gasteiger partial charge in [0, 0.05) is 5.92 Å². The Bertz CT molecular complexity index is 1040. The summed E-state index contributed by atoms with van der Waals surface area (Å²) in [5.74, 6) is -2.61. The second-order valence-electron chi connectivity index (χ2n) is 7.66. The maximum Gasteiger partial charge on any atom is 0.325 e. The van der Waals surface area contributed by atoms with E-state index in [0.29, 0.717) is 5.56 Å². The number of esters is 2. The smallest absolute Gasteiger partial charge is 0.325 e. The molecule has 7 heteroatoms. The summed E-state index contributed by atoms with van der Waals surface area (Å²) in [5, 5.41) is -1.30. The first-order valence-electron chi connectivity index (χ1n) is 10.5. The van der Waals surface area contributed by atoms with Crippen LogP contribution in [0.2, 0.25) is 0 Å². The largest absolute Gasteiger partial charge is 0.465 e. The monoisotopic (exact) mass is 444 g/mol. The first kappa shape index (κ1) is 23.0. The third-order valence-corrected chi connectivity index (χ3v) is 8.03. The van der Waals surface area contributed by atoms with Crippen LogP contribution in [0.1, 0.15) is 43.4 Å². The molecule has 0 aromatic heterocycles. The molecule has 31 heavy (non-hydrogen) atoms. The van der Waals surface area contributed by atoms with E-state index in [0.717, 1.165) is 17.5 Å². The number of carbonyl (C=O) groups excluding carboxylic acids is 2. The normalized spacial score (nSPS) is 19.5. The van der Waals surface area contributed by atoms with Gasteiger partial charge in [-0.3, -0.25) is 9.59 Å². The molecule has 0 heterocycles. The van der Waals surface area contributed by atoms with Crippen molar-refractivity contribution in [1.82, 2.24) is 0 Å². The van der Waals surface area contributed by atoms with E-state index in [1.54, 1.807) is 38.1 Å². The number of sulfone groups is 1. The molecule has 6 nitrogen and oxygen atoms in total. The lowest BCUT2D eigenvalue weighted by molar-refractivity contribution is -0.164. The molecule has 2 atom stereocenters. The Morgan fingerprint density at radius 1 is 0.871 bits per heavy atom. The van der Waals surface area contributed by atoms with Crippen LogP contribution in [0.25, 0.3) is 0 Å². The molecule has 0 aliphatic heterocycles. The molecule has 3 rings (SSSR count). The van der Waals surface area contributed by atoms with E-state index in [1.807, 2.05) is 26.0 Å². The molecule has 0 bridgehead atoms. The van der Waals surface area contributed by atoms with Crippen LogP contribution in [-0.2, 0) is 35.3 Å². The SMILES string of the molecule is CCOC(=O)C1(C(=O)OCC)[C@H](c2ccc(CC)cc2)[C@H]1S(=O)(=O)c1ccc(C)cc1. The third kappa shape index (κ3) is 3.87. The van der Waals surface area contributed by atoms with Gasteiger partial charge in [-0.15, -0.1) is 0 Å². The van der Waals surface area contributed by atoms with Crippen LogP contribution in [0.15, 0.2) is 53.4 Å². The number of rotatable bonds is 8. The van der Waals surface area contributed by atoms with Crippen molar-refractivity contribution in [3.63, 3.8) is 0 Å². The minimum absolute atomic E-state index is 0.0266. The molecular weight excluding hydrogens is 416 g/mol. The van der Waals surface area contributed by atoms with Gasteiger partial charge in [0.15, 0.2) is 15.3 Å². The summed E-state index contributed by atoms with van der Waals surface area (Å²) < 4.78 is 37.7. The van der Waals surface area contributed by atoms with E-state index in [-0.39, 0.29) is 18.1 Å². The molecule has 2 aromatic rings. The van der Waals surface area contributed by atoms with E-state index >= 15 is 0 Å². The second-order valence-corrected chi connectivity index (χ2v) is 9.73. The maximum absolute atomic E-state index is 13.6. The fourth-order valence-corrected chi connectivity index (χ4v) is 6.41. The van der Waals surface area contributed by atoms with Crippen molar-refractivity contribution >= 4 is 21.8 Å². The quantitative estimate of drug-likeness (QED) is 0.457. The fraction of sp³-hybridized carbons (Fsp3) is 0.417. The molecule has 1 aliphatic carbocycles. The van der Waals surface area contributed by atoms with Crippen LogP contribution in [0.3, 0.4) is 0 Å². The summed E-state index contributed by atoms with van der Waals surface area (Å²) in [6.45, 7) is 7.16. The predicted molar refractivity (Wildman–Crippen MR) is 116 cm³/mol. The van der Waals surface area contributed by atoms with Crippen molar-refractivity contribution < 1.29 is 27.5 Å². The standard InChI is InChI=1S/C24H28O6S/c1-5-17-10-12-18(13-11-17)20-21(31(27,28)19-14-8-16(4)9-15-19)24(20,22(25)29-6-2)23(26)30-7-3/h8-15,20-21H,5-7H2,1-4H3/t20-,21-/m1/s1. The zero-order chi connectivity index (χ0) is 22.8. The molecule has 0 saturated heterocycles. The minimum atomic E-state index is -4.03. The first-order valence-corrected chi connectivity index (χ1v) is 12.0. The van der Waals surface area contributed by atoms with Gasteiger partial charge < -0.3 is 9.47 Å². The van der Waals surface area contributed by atoms with Crippen molar-refractivity contribution in [2.75, 3.05) is 13.2 Å². The number of benzene rings is 2. The lowest BCUT2D eigenvalue weighted by atomic mass is 9.98. The van der Waals surface area contributed by atoms with E-state index in [4.69, 9.17) is 9.47 Å². The van der Waals surface area contributed by atoms with Crippen LogP contribution >= 0.6 is 0 Å². The van der Waals surface area contributed by atoms with Gasteiger partial charge in [0.1, 0.15) is 5.25 Å². The van der Waals surface area contributed by atoms with E-state index in [1.165, 1.54) is 12.1 Å². The van der Waals surface area contributed by atoms with Gasteiger partial charge in [0.2, 0.25) is 0 Å². The molecular formula is C24H28O6S. The highest BCUT2D eigenvalue weighted by atomic mass is 32.2. The number of aryl methyl sites for hydroxylation is 2. The van der Waals surface area contributed by atoms with Crippen molar-refractivity contribution in [1.29, 1.82) is 0 Å². The second kappa shape index (κ2) is 8.83. The van der Waals surface area contributed by atoms with E-state index < -0.39 is 38.4 Å². The zero-order valence-corrected chi connectivity index (χ0v) is 19.1. The molecule has 1 saturated carbocycles. The average Bonchev–Trinajstić information content (AvgIpc) is 3.47. The molecule has 0 unspecified atom stereocenters. The van der Waals surface area contributed by atoms with Crippen LogP contribution in [0.4, 0.5) is 0 Å². The number of carbonyl (C=O) groups is 2. The molecule has 0 radical (unpaired) electrons. The minimum Gasteiger partial charge on any atom is -0.465 e. The van der Waals surface area contributed by atoms with E-state index in [9.17, 15) is 18.0 Å². The topological polar surface area (TPSA) is 86.7 Å². The zero-order valence-electron chi connectivity index (χ0n) is 18.3. The van der Waals surface area contributed by atoms with Gasteiger partial charge in [-0.2, -0.15) is 0 Å². The summed E-state index contributed by atoms with van der Waals surface area (Å²) in [6.07, 6.45) is 0.816. The molecule has 0 spiro atoms. The molecule has 2 aromatic carbocycles. The van der Waals surface area contributed by atoms with Gasteiger partial charge in [0.05, 0.1) is 18.1 Å². The number of hydrogen-bond donors (Lipinski definition) is 0. The molecule has 1 fully saturated rings. The van der Waals surface area contributed by atoms with Gasteiger partial charge in [0.25, 0.3) is 0 Å². The Balaban J connectivity index is 2.18. The number of ether oxygens (including phenoxy) is 2. The summed E-state index contributed by atoms with van der Waals surface area (Å²) in [4.78, 5) is 26.3. The van der Waals surface area contributed by atoms with E-state index in [2.05, 4.69) is 0 Å². The number of hydrogen-bond acceptors (Lipinski definition) is 6. The average molecular weight is 445 g/mol. The van der Waals surface area contributed by atoms with Crippen LogP contribution in [0, 0.1) is 12.3 Å². The fourth-order valence-electron chi connectivity index (χ4n) is 4.12. The van der Waals surface area contributed by atoms with Gasteiger partial charge in [-0.05, 0) is 50.5 Å². The molecule has 1 aliphatic rings. The highest BCUT2D eigenvalue weighted by Gasteiger charge is 2.81. The van der Waals surface area contributed by atoms with Gasteiger partial charge >= 0.3 is 11.9 Å². The van der Waals surface area contributed by atoms with Crippen molar-refractivity contribution in [3.8, 4) is 0 Å². The molecule has 0 N–H and O–H groups in total. The Labute approximate surface area is 183 Å². The van der Waals surface area contributed by atoms with Crippen molar-refractivity contribution in [2.45, 2.75) is 50.2 Å². The first-order chi connectivity index (χ1) is 14.7. The Kier molecular flexibility index (Phi) is 6.55. The molecule has 0 amide bonds. The summed E-state index contributed by atoms with van der Waals surface area (Å²) in [5.41, 5.74) is 0.645. The Morgan fingerprint density at radius 3 is 1.84 bits per heavy atom. The summed E-state index contributed by atoms with van der Waals surface area (Å²) >= 11 is 0. The Hall–Kier alpha value is -2.67. The summed E-state index contributed by atoms with van der Waals surface area (Å²) in [7, 11) is -4.03. The van der Waals surface area contributed by atoms with Crippen molar-refractivity contribution in [3.05, 3.63) is 65.2 Å². The lowest BCUT2D eigenvalue weighted by Gasteiger charge is -2.15. The maximum atomic E-state index is 13.6. The Morgan fingerprint density at radius 2 is 1.39 bits per heavy atom. The van der Waals surface area contributed by atoms with Gasteiger partial charge in [-0.1, -0.05) is 48.9 Å². The van der Waals surface area contributed by atoms with Crippen LogP contribution in [-0.4, -0.2) is 38.8 Å². The highest BCUT2D eigenvalue weighted by molar-refractivity contribution is 7.92. The predicted octanol–water partition coefficient (Wildman–Crippen LogP) is 3.61. The van der Waals surface area contributed by atoms with Crippen molar-refractivity contribution in [2.24, 2.45) is 5.41 Å². The molecule has 166 valence electrons. The lowest BCUT2D eigenvalue weighted by Crippen LogP contribution is -2.35. The summed E-state index contributed by atoms with van der Waals surface area (Å²) in [6, 6.07) is 13.7.